The summed E-state index contributed by atoms with van der Waals surface area (Å²) in [4.78, 5) is 5.10. The second-order valence-electron chi connectivity index (χ2n) is 7.95. The number of allylic oxidation sites excluding steroid dienone is 4. The predicted molar refractivity (Wildman–Crippen MR) is 130 cm³/mol. The predicted octanol–water partition coefficient (Wildman–Crippen LogP) is 7.21. The molecule has 0 saturated heterocycles. The van der Waals surface area contributed by atoms with Crippen molar-refractivity contribution in [1.29, 1.82) is 0 Å². The third kappa shape index (κ3) is 4.58. The lowest BCUT2D eigenvalue weighted by molar-refractivity contribution is 0.923. The smallest absolute Gasteiger partial charge is 0.0712 e. The number of rotatable bonds is 6. The molecule has 0 spiro atoms. The summed E-state index contributed by atoms with van der Waals surface area (Å²) in [6.45, 7) is 13.1. The maximum absolute atomic E-state index is 5.10. The summed E-state index contributed by atoms with van der Waals surface area (Å²) in [6, 6.07) is 6.87. The minimum Gasteiger partial charge on any atom is -0.248 e. The summed E-state index contributed by atoms with van der Waals surface area (Å²) >= 11 is 0. The topological polar surface area (TPSA) is 12.9 Å². The highest BCUT2D eigenvalue weighted by molar-refractivity contribution is 7.56. The Morgan fingerprint density at radius 2 is 2.00 bits per heavy atom. The molecule has 0 saturated carbocycles. The van der Waals surface area contributed by atoms with E-state index >= 15 is 0 Å². The lowest BCUT2D eigenvalue weighted by Crippen LogP contribution is -2.01. The van der Waals surface area contributed by atoms with Crippen molar-refractivity contribution in [3.63, 3.8) is 0 Å². The fraction of sp³-hybridized carbons (Fsp3) is 0.385. The molecule has 1 aromatic carbocycles. The molecule has 1 atom stereocenters. The maximum atomic E-state index is 5.10. The molecular weight excluding hydrogens is 357 g/mol. The van der Waals surface area contributed by atoms with Crippen LogP contribution in [0.15, 0.2) is 48.1 Å². The minimum atomic E-state index is -0.614. The Balaban J connectivity index is 2.17. The van der Waals surface area contributed by atoms with E-state index in [1.807, 2.05) is 6.08 Å². The van der Waals surface area contributed by atoms with Gasteiger partial charge in [-0.05, 0) is 91.5 Å². The molecule has 0 bridgehead atoms. The molecule has 1 aromatic heterocycles. The van der Waals surface area contributed by atoms with Crippen molar-refractivity contribution in [2.45, 2.75) is 59.0 Å². The van der Waals surface area contributed by atoms with Gasteiger partial charge >= 0.3 is 0 Å². The SMILES string of the molecule is C=CCCC1=C(C)/C=C/c2nc3ccc(CCC)cc3c(CC)c2C/[PH](C)=C\1. The first-order valence-corrected chi connectivity index (χ1v) is 13.0. The van der Waals surface area contributed by atoms with Gasteiger partial charge in [-0.3, -0.25) is 0 Å². The lowest BCUT2D eigenvalue weighted by atomic mass is 9.96. The molecule has 2 heteroatoms. The Bertz CT molecular complexity index is 976. The number of nitrogens with zero attached hydrogens (tertiary/aromatic N) is 1. The van der Waals surface area contributed by atoms with Crippen LogP contribution in [0, 0.1) is 0 Å². The molecule has 2 heterocycles. The van der Waals surface area contributed by atoms with E-state index in [4.69, 9.17) is 4.98 Å². The Morgan fingerprint density at radius 1 is 1.18 bits per heavy atom. The van der Waals surface area contributed by atoms with E-state index < -0.39 is 7.55 Å². The Labute approximate surface area is 171 Å². The summed E-state index contributed by atoms with van der Waals surface area (Å²) in [5.41, 5.74) is 9.60. The van der Waals surface area contributed by atoms with Crippen molar-refractivity contribution in [2.75, 3.05) is 6.66 Å². The Kier molecular flexibility index (Phi) is 7.13. The highest BCUT2D eigenvalue weighted by Crippen LogP contribution is 2.35. The fourth-order valence-corrected chi connectivity index (χ4v) is 6.22. The van der Waals surface area contributed by atoms with Gasteiger partial charge in [0, 0.05) is 5.39 Å². The van der Waals surface area contributed by atoms with Crippen LogP contribution >= 0.6 is 7.55 Å². The van der Waals surface area contributed by atoms with E-state index in [0.29, 0.717) is 0 Å². The van der Waals surface area contributed by atoms with E-state index in [9.17, 15) is 0 Å². The summed E-state index contributed by atoms with van der Waals surface area (Å²) in [6.07, 6.45) is 13.2. The number of pyridine rings is 1. The largest absolute Gasteiger partial charge is 0.248 e. The average molecular weight is 392 g/mol. The highest BCUT2D eigenvalue weighted by atomic mass is 31.1. The molecule has 28 heavy (non-hydrogen) atoms. The zero-order chi connectivity index (χ0) is 20.1. The number of aryl methyl sites for hydroxylation is 2. The van der Waals surface area contributed by atoms with E-state index in [0.717, 1.165) is 37.4 Å². The van der Waals surface area contributed by atoms with Crippen molar-refractivity contribution in [1.82, 2.24) is 4.98 Å². The number of hydrogen-bond acceptors (Lipinski definition) is 1. The number of hydrogen-bond donors (Lipinski definition) is 0. The number of benzene rings is 1. The molecular formula is C26H34NP. The number of fused-ring (bicyclic) bond motifs is 2. The molecule has 0 amide bonds. The highest BCUT2D eigenvalue weighted by Gasteiger charge is 2.15. The van der Waals surface area contributed by atoms with Gasteiger partial charge in [-0.25, -0.2) is 4.98 Å². The van der Waals surface area contributed by atoms with Gasteiger partial charge in [-0.2, -0.15) is 0 Å². The fourth-order valence-electron chi connectivity index (χ4n) is 4.20. The summed E-state index contributed by atoms with van der Waals surface area (Å²) in [5.74, 6) is 2.57. The van der Waals surface area contributed by atoms with Gasteiger partial charge in [-0.1, -0.05) is 44.3 Å². The van der Waals surface area contributed by atoms with E-state index in [2.05, 4.69) is 70.2 Å². The van der Waals surface area contributed by atoms with Gasteiger partial charge in [-0.15, -0.1) is 14.1 Å². The monoisotopic (exact) mass is 391 g/mol. The van der Waals surface area contributed by atoms with Gasteiger partial charge < -0.3 is 0 Å². The lowest BCUT2D eigenvalue weighted by Gasteiger charge is -2.16. The normalized spacial score (nSPS) is 21.2. The third-order valence-corrected chi connectivity index (χ3v) is 7.44. The molecule has 0 fully saturated rings. The maximum Gasteiger partial charge on any atom is 0.0712 e. The van der Waals surface area contributed by atoms with Crippen molar-refractivity contribution in [3.8, 4) is 0 Å². The minimum absolute atomic E-state index is 0.614. The molecule has 1 aliphatic rings. The van der Waals surface area contributed by atoms with Crippen LogP contribution in [0.5, 0.6) is 0 Å². The Hall–Kier alpha value is -1.85. The number of aromatic nitrogens is 1. The summed E-state index contributed by atoms with van der Waals surface area (Å²) < 4.78 is 0. The van der Waals surface area contributed by atoms with Crippen LogP contribution in [-0.4, -0.2) is 17.4 Å². The Morgan fingerprint density at radius 3 is 2.71 bits per heavy atom. The average Bonchev–Trinajstić information content (AvgIpc) is 2.74. The van der Waals surface area contributed by atoms with Gasteiger partial charge in [0.05, 0.1) is 11.2 Å². The first-order valence-electron chi connectivity index (χ1n) is 10.7. The van der Waals surface area contributed by atoms with Crippen molar-refractivity contribution in [2.24, 2.45) is 0 Å². The second kappa shape index (κ2) is 9.57. The van der Waals surface area contributed by atoms with Gasteiger partial charge in [0.15, 0.2) is 0 Å². The second-order valence-corrected chi connectivity index (χ2v) is 10.3. The first-order chi connectivity index (χ1) is 13.6. The molecule has 0 radical (unpaired) electrons. The molecule has 1 aliphatic heterocycles. The van der Waals surface area contributed by atoms with Gasteiger partial charge in [0.2, 0.25) is 0 Å². The standard InChI is InChI=1S/C26H34NP/c1-6-9-11-21-17-28(5)18-24-22(8-3)23-16-20(10-7-2)13-15-25(23)27-26(24)14-12-19(21)4/h6,12-17,28H,1,7-11,18H2,2-5H3/b14-12+,21-19-. The van der Waals surface area contributed by atoms with E-state index in [-0.39, 0.29) is 0 Å². The van der Waals surface area contributed by atoms with E-state index in [1.165, 1.54) is 45.3 Å². The summed E-state index contributed by atoms with van der Waals surface area (Å²) in [5, 5.41) is 1.37. The van der Waals surface area contributed by atoms with Gasteiger partial charge in [0.1, 0.15) is 0 Å². The van der Waals surface area contributed by atoms with Crippen molar-refractivity contribution >= 4 is 30.3 Å². The molecule has 1 unspecified atom stereocenters. The van der Waals surface area contributed by atoms with Crippen LogP contribution in [0.2, 0.25) is 0 Å². The van der Waals surface area contributed by atoms with Gasteiger partial charge in [0.25, 0.3) is 0 Å². The molecule has 0 N–H and O–H groups in total. The quantitative estimate of drug-likeness (QED) is 0.374. The van der Waals surface area contributed by atoms with Crippen LogP contribution in [0.25, 0.3) is 17.0 Å². The van der Waals surface area contributed by atoms with Crippen molar-refractivity contribution in [3.05, 3.63) is 70.5 Å². The molecule has 148 valence electrons. The zero-order valence-electron chi connectivity index (χ0n) is 17.9. The first kappa shape index (κ1) is 20.9. The molecule has 2 aromatic rings. The van der Waals surface area contributed by atoms with Crippen LogP contribution in [0.3, 0.4) is 0 Å². The molecule has 0 aliphatic carbocycles. The van der Waals surface area contributed by atoms with Crippen LogP contribution in [0.1, 0.15) is 62.4 Å². The molecule has 3 rings (SSSR count). The molecule has 1 nitrogen and oxygen atoms in total. The van der Waals surface area contributed by atoms with Crippen molar-refractivity contribution < 1.29 is 0 Å². The van der Waals surface area contributed by atoms with E-state index in [1.54, 1.807) is 0 Å². The third-order valence-electron chi connectivity index (χ3n) is 5.68. The van der Waals surface area contributed by atoms with Crippen LogP contribution in [0.4, 0.5) is 0 Å². The van der Waals surface area contributed by atoms with Crippen LogP contribution < -0.4 is 0 Å². The van der Waals surface area contributed by atoms with Crippen LogP contribution in [-0.2, 0) is 19.0 Å². The summed E-state index contributed by atoms with van der Waals surface area (Å²) in [7, 11) is -0.614. The zero-order valence-corrected chi connectivity index (χ0v) is 18.9.